The van der Waals surface area contributed by atoms with Crippen molar-refractivity contribution in [3.8, 4) is 0 Å². The molecule has 0 saturated heterocycles. The predicted molar refractivity (Wildman–Crippen MR) is 66.5 cm³/mol. The van der Waals surface area contributed by atoms with Crippen molar-refractivity contribution in [3.63, 3.8) is 0 Å². The minimum atomic E-state index is 0.349. The number of hydrogen-bond donors (Lipinski definition) is 0. The van der Waals surface area contributed by atoms with Crippen molar-refractivity contribution >= 4 is 28.4 Å². The van der Waals surface area contributed by atoms with Crippen molar-refractivity contribution in [1.82, 2.24) is 20.2 Å². The summed E-state index contributed by atoms with van der Waals surface area (Å²) in [6.45, 7) is 2.57. The summed E-state index contributed by atoms with van der Waals surface area (Å²) >= 11 is 6.65. The molecule has 0 aromatic carbocycles. The van der Waals surface area contributed by atoms with Crippen molar-refractivity contribution in [3.05, 3.63) is 5.82 Å². The van der Waals surface area contributed by atoms with Gasteiger partial charge in [0.05, 0.1) is 12.6 Å². The molecule has 5 nitrogen and oxygen atoms in total. The molecule has 1 aromatic rings. The van der Waals surface area contributed by atoms with E-state index in [0.29, 0.717) is 17.0 Å². The minimum absolute atomic E-state index is 0.349. The molecule has 2 rings (SSSR count). The standard InChI is InChI=1S/C9H14N4OS2/c1-2-14-9(15)16-6-7-4-3-5-8-10-11-12-13(7)8/h7H,2-6H2,1H3. The highest BCUT2D eigenvalue weighted by atomic mass is 32.2. The van der Waals surface area contributed by atoms with Crippen LogP contribution in [0.3, 0.4) is 0 Å². The van der Waals surface area contributed by atoms with Crippen LogP contribution in [0, 0.1) is 0 Å². The smallest absolute Gasteiger partial charge is 0.220 e. The number of aromatic nitrogens is 4. The largest absolute Gasteiger partial charge is 0.479 e. The van der Waals surface area contributed by atoms with E-state index in [2.05, 4.69) is 15.5 Å². The molecule has 16 heavy (non-hydrogen) atoms. The normalized spacial score (nSPS) is 19.2. The van der Waals surface area contributed by atoms with E-state index in [0.717, 1.165) is 30.8 Å². The summed E-state index contributed by atoms with van der Waals surface area (Å²) in [4.78, 5) is 0. The van der Waals surface area contributed by atoms with Crippen LogP contribution < -0.4 is 0 Å². The van der Waals surface area contributed by atoms with E-state index in [1.165, 1.54) is 0 Å². The lowest BCUT2D eigenvalue weighted by Crippen LogP contribution is -2.21. The van der Waals surface area contributed by atoms with Crippen LogP contribution in [0.5, 0.6) is 0 Å². The summed E-state index contributed by atoms with van der Waals surface area (Å²) in [6.07, 6.45) is 3.23. The summed E-state index contributed by atoms with van der Waals surface area (Å²) in [5.74, 6) is 1.87. The molecule has 1 aliphatic heterocycles. The van der Waals surface area contributed by atoms with E-state index in [9.17, 15) is 0 Å². The number of aryl methyl sites for hydroxylation is 1. The first-order chi connectivity index (χ1) is 7.81. The number of fused-ring (bicyclic) bond motifs is 1. The van der Waals surface area contributed by atoms with Crippen molar-refractivity contribution in [2.45, 2.75) is 32.2 Å². The number of rotatable bonds is 3. The van der Waals surface area contributed by atoms with Gasteiger partial charge in [-0.15, -0.1) is 5.10 Å². The Hall–Kier alpha value is -0.690. The summed E-state index contributed by atoms with van der Waals surface area (Å²) in [5, 5.41) is 11.7. The van der Waals surface area contributed by atoms with E-state index < -0.39 is 0 Å². The van der Waals surface area contributed by atoms with Crippen LogP contribution in [0.15, 0.2) is 0 Å². The van der Waals surface area contributed by atoms with Crippen LogP contribution in [0.1, 0.15) is 31.6 Å². The zero-order chi connectivity index (χ0) is 11.4. The Balaban J connectivity index is 1.90. The molecule has 1 unspecified atom stereocenters. The molecule has 88 valence electrons. The number of ether oxygens (including phenoxy) is 1. The van der Waals surface area contributed by atoms with E-state index >= 15 is 0 Å². The molecule has 1 aromatic heterocycles. The number of thioether (sulfide) groups is 1. The lowest BCUT2D eigenvalue weighted by Gasteiger charge is -2.21. The molecule has 0 bridgehead atoms. The highest BCUT2D eigenvalue weighted by Crippen LogP contribution is 2.25. The van der Waals surface area contributed by atoms with Gasteiger partial charge in [0, 0.05) is 12.2 Å². The van der Waals surface area contributed by atoms with Crippen molar-refractivity contribution < 1.29 is 4.74 Å². The summed E-state index contributed by atoms with van der Waals surface area (Å²) < 4.78 is 7.77. The van der Waals surface area contributed by atoms with Crippen molar-refractivity contribution in [2.24, 2.45) is 0 Å². The fourth-order valence-corrected chi connectivity index (χ4v) is 2.92. The molecule has 0 saturated carbocycles. The number of thiocarbonyl (C=S) groups is 1. The van der Waals surface area contributed by atoms with Crippen LogP contribution in [0.2, 0.25) is 0 Å². The first-order valence-electron chi connectivity index (χ1n) is 5.37. The zero-order valence-corrected chi connectivity index (χ0v) is 10.8. The van der Waals surface area contributed by atoms with Gasteiger partial charge in [-0.1, -0.05) is 11.8 Å². The van der Waals surface area contributed by atoms with E-state index in [1.807, 2.05) is 11.6 Å². The Kier molecular flexibility index (Phi) is 4.11. The first kappa shape index (κ1) is 11.8. The quantitative estimate of drug-likeness (QED) is 0.768. The molecule has 1 atom stereocenters. The number of nitrogens with zero attached hydrogens (tertiary/aromatic N) is 4. The average molecular weight is 258 g/mol. The molecule has 0 amide bonds. The second kappa shape index (κ2) is 5.58. The fourth-order valence-electron chi connectivity index (χ4n) is 1.76. The van der Waals surface area contributed by atoms with Crippen LogP contribution in [-0.2, 0) is 11.2 Å². The Morgan fingerprint density at radius 3 is 3.38 bits per heavy atom. The van der Waals surface area contributed by atoms with E-state index in [1.54, 1.807) is 11.8 Å². The lowest BCUT2D eigenvalue weighted by molar-refractivity contribution is 0.345. The van der Waals surface area contributed by atoms with Crippen molar-refractivity contribution in [2.75, 3.05) is 12.4 Å². The second-order valence-electron chi connectivity index (χ2n) is 3.58. The lowest BCUT2D eigenvalue weighted by atomic mass is 10.1. The molecule has 0 radical (unpaired) electrons. The zero-order valence-electron chi connectivity index (χ0n) is 9.13. The molecule has 1 aliphatic rings. The number of hydrogen-bond acceptors (Lipinski definition) is 6. The van der Waals surface area contributed by atoms with E-state index in [-0.39, 0.29) is 0 Å². The molecule has 0 aliphatic carbocycles. The van der Waals surface area contributed by atoms with E-state index in [4.69, 9.17) is 17.0 Å². The maximum absolute atomic E-state index is 5.24. The van der Waals surface area contributed by atoms with Gasteiger partial charge in [-0.3, -0.25) is 0 Å². The highest BCUT2D eigenvalue weighted by Gasteiger charge is 2.22. The second-order valence-corrected chi connectivity index (χ2v) is 5.20. The van der Waals surface area contributed by atoms with Crippen LogP contribution in [0.4, 0.5) is 0 Å². The van der Waals surface area contributed by atoms with Crippen molar-refractivity contribution in [1.29, 1.82) is 0 Å². The molecule has 0 spiro atoms. The van der Waals surface area contributed by atoms with Crippen LogP contribution in [-0.4, -0.2) is 36.9 Å². The Bertz CT molecular complexity index is 368. The molecular weight excluding hydrogens is 244 g/mol. The van der Waals surface area contributed by atoms with Gasteiger partial charge in [-0.25, -0.2) is 4.68 Å². The SMILES string of the molecule is CCOC(=S)SCC1CCCc2nnnn21. The summed E-state index contributed by atoms with van der Waals surface area (Å²) in [7, 11) is 0. The van der Waals surface area contributed by atoms with Gasteiger partial charge in [-0.05, 0) is 42.4 Å². The number of tetrazole rings is 1. The molecule has 0 fully saturated rings. The highest BCUT2D eigenvalue weighted by molar-refractivity contribution is 8.22. The van der Waals surface area contributed by atoms with Crippen LogP contribution >= 0.6 is 24.0 Å². The third-order valence-corrected chi connectivity index (χ3v) is 3.88. The molecule has 7 heteroatoms. The van der Waals surface area contributed by atoms with Gasteiger partial charge < -0.3 is 4.74 Å². The fraction of sp³-hybridized carbons (Fsp3) is 0.778. The molecule has 2 heterocycles. The topological polar surface area (TPSA) is 52.8 Å². The summed E-state index contributed by atoms with van der Waals surface area (Å²) in [5.41, 5.74) is 0. The molecule has 0 N–H and O–H groups in total. The average Bonchev–Trinajstić information content (AvgIpc) is 2.75. The minimum Gasteiger partial charge on any atom is -0.479 e. The predicted octanol–water partition coefficient (Wildman–Crippen LogP) is 1.61. The Labute approximate surface area is 104 Å². The first-order valence-corrected chi connectivity index (χ1v) is 6.77. The monoisotopic (exact) mass is 258 g/mol. The molecular formula is C9H14N4OS2. The van der Waals surface area contributed by atoms with Gasteiger partial charge in [0.25, 0.3) is 0 Å². The van der Waals surface area contributed by atoms with Crippen LogP contribution in [0.25, 0.3) is 0 Å². The van der Waals surface area contributed by atoms with Gasteiger partial charge in [0.2, 0.25) is 4.38 Å². The maximum atomic E-state index is 5.24. The van der Waals surface area contributed by atoms with Gasteiger partial charge in [0.15, 0.2) is 5.82 Å². The Morgan fingerprint density at radius 2 is 2.56 bits per heavy atom. The van der Waals surface area contributed by atoms with Gasteiger partial charge in [-0.2, -0.15) is 0 Å². The van der Waals surface area contributed by atoms with Gasteiger partial charge >= 0.3 is 0 Å². The maximum Gasteiger partial charge on any atom is 0.220 e. The third-order valence-electron chi connectivity index (χ3n) is 2.50. The Morgan fingerprint density at radius 1 is 1.69 bits per heavy atom. The summed E-state index contributed by atoms with van der Waals surface area (Å²) in [6, 6.07) is 0.349. The third kappa shape index (κ3) is 2.70. The van der Waals surface area contributed by atoms with Gasteiger partial charge in [0.1, 0.15) is 0 Å².